The van der Waals surface area contributed by atoms with Gasteiger partial charge in [-0.25, -0.2) is 8.42 Å². The Kier molecular flexibility index (Phi) is 5.03. The predicted molar refractivity (Wildman–Crippen MR) is 88.0 cm³/mol. The Hall–Kier alpha value is -0.950. The molecule has 0 saturated carbocycles. The summed E-state index contributed by atoms with van der Waals surface area (Å²) in [6, 6.07) is 9.10. The van der Waals surface area contributed by atoms with Gasteiger partial charge in [0.2, 0.25) is 0 Å². The first-order valence-electron chi connectivity index (χ1n) is 5.65. The summed E-state index contributed by atoms with van der Waals surface area (Å²) in [7, 11) is -2.45. The maximum Gasteiger partial charge on any atom is 0.265 e. The lowest BCUT2D eigenvalue weighted by molar-refractivity contribution is 0.403. The molecule has 2 aromatic carbocycles. The monoisotopic (exact) mass is 409 g/mol. The molecule has 0 aliphatic carbocycles. The highest BCUT2D eigenvalue weighted by atomic mass is 79.9. The number of halogens is 3. The van der Waals surface area contributed by atoms with Crippen LogP contribution in [0.5, 0.6) is 5.75 Å². The molecule has 0 radical (unpaired) electrons. The molecular weight excluding hydrogens is 401 g/mol. The molecule has 112 valence electrons. The van der Waals surface area contributed by atoms with Gasteiger partial charge in [-0.3, -0.25) is 4.72 Å². The molecule has 2 aromatic rings. The molecule has 0 atom stereocenters. The van der Waals surface area contributed by atoms with Crippen molar-refractivity contribution in [2.75, 3.05) is 11.8 Å². The zero-order valence-electron chi connectivity index (χ0n) is 10.7. The fourth-order valence-corrected chi connectivity index (χ4v) is 3.54. The quantitative estimate of drug-likeness (QED) is 0.803. The molecule has 0 unspecified atom stereocenters. The molecule has 4 nitrogen and oxygen atoms in total. The normalized spacial score (nSPS) is 11.2. The van der Waals surface area contributed by atoms with Crippen molar-refractivity contribution < 1.29 is 13.2 Å². The van der Waals surface area contributed by atoms with Crippen LogP contribution in [0.4, 0.5) is 5.69 Å². The Morgan fingerprint density at radius 1 is 1.14 bits per heavy atom. The van der Waals surface area contributed by atoms with Crippen LogP contribution in [-0.2, 0) is 10.0 Å². The van der Waals surface area contributed by atoms with Crippen molar-refractivity contribution in [1.29, 1.82) is 0 Å². The Labute approximate surface area is 141 Å². The third-order valence-electron chi connectivity index (χ3n) is 2.59. The van der Waals surface area contributed by atoms with Gasteiger partial charge in [-0.2, -0.15) is 0 Å². The summed E-state index contributed by atoms with van der Waals surface area (Å²) in [5, 5.41) is 0.693. The standard InChI is InChI=1S/C13H10BrCl2NO3S/c1-20-12-5-2-8(15)6-13(12)21(18,19)17-9-3-4-10(14)11(16)7-9/h2-7,17H,1H3. The van der Waals surface area contributed by atoms with Crippen molar-refractivity contribution in [3.8, 4) is 5.75 Å². The first-order valence-corrected chi connectivity index (χ1v) is 8.68. The van der Waals surface area contributed by atoms with E-state index in [1.807, 2.05) is 0 Å². The molecule has 2 rings (SSSR count). The Bertz CT molecular complexity index is 781. The fourth-order valence-electron chi connectivity index (χ4n) is 1.63. The van der Waals surface area contributed by atoms with Crippen molar-refractivity contribution >= 4 is 54.8 Å². The second-order valence-corrected chi connectivity index (χ2v) is 7.38. The van der Waals surface area contributed by atoms with Crippen LogP contribution >= 0.6 is 39.1 Å². The van der Waals surface area contributed by atoms with E-state index in [1.54, 1.807) is 18.2 Å². The molecule has 0 aliphatic heterocycles. The van der Waals surface area contributed by atoms with Crippen LogP contribution in [0.1, 0.15) is 0 Å². The highest BCUT2D eigenvalue weighted by molar-refractivity contribution is 9.10. The summed E-state index contributed by atoms with van der Waals surface area (Å²) in [6.07, 6.45) is 0. The van der Waals surface area contributed by atoms with Crippen LogP contribution in [0.3, 0.4) is 0 Å². The highest BCUT2D eigenvalue weighted by Gasteiger charge is 2.20. The van der Waals surface area contributed by atoms with Gasteiger partial charge >= 0.3 is 0 Å². The van der Waals surface area contributed by atoms with Gasteiger partial charge in [0.05, 0.1) is 17.8 Å². The molecule has 8 heteroatoms. The van der Waals surface area contributed by atoms with Crippen molar-refractivity contribution in [2.45, 2.75) is 4.90 Å². The summed E-state index contributed by atoms with van der Waals surface area (Å²) in [6.45, 7) is 0. The van der Waals surface area contributed by atoms with Crippen LogP contribution in [0.25, 0.3) is 0 Å². The van der Waals surface area contributed by atoms with Gasteiger partial charge in [-0.05, 0) is 52.3 Å². The highest BCUT2D eigenvalue weighted by Crippen LogP contribution is 2.30. The van der Waals surface area contributed by atoms with Crippen LogP contribution in [-0.4, -0.2) is 15.5 Å². The van der Waals surface area contributed by atoms with E-state index < -0.39 is 10.0 Å². The topological polar surface area (TPSA) is 55.4 Å². The average Bonchev–Trinajstić information content (AvgIpc) is 2.42. The van der Waals surface area contributed by atoms with E-state index in [0.29, 0.717) is 20.2 Å². The van der Waals surface area contributed by atoms with E-state index >= 15 is 0 Å². The van der Waals surface area contributed by atoms with Crippen molar-refractivity contribution in [3.05, 3.63) is 50.9 Å². The van der Waals surface area contributed by atoms with E-state index in [4.69, 9.17) is 27.9 Å². The molecule has 0 fully saturated rings. The van der Waals surface area contributed by atoms with Gasteiger partial charge in [0.1, 0.15) is 10.6 Å². The number of hydrogen-bond donors (Lipinski definition) is 1. The summed E-state index contributed by atoms with van der Waals surface area (Å²) in [4.78, 5) is -0.0449. The van der Waals surface area contributed by atoms with E-state index in [-0.39, 0.29) is 10.6 Å². The van der Waals surface area contributed by atoms with Crippen LogP contribution in [0.15, 0.2) is 45.8 Å². The smallest absolute Gasteiger partial charge is 0.265 e. The van der Waals surface area contributed by atoms with Gasteiger partial charge in [-0.1, -0.05) is 23.2 Å². The molecule has 0 saturated heterocycles. The first kappa shape index (κ1) is 16.4. The Morgan fingerprint density at radius 3 is 2.48 bits per heavy atom. The van der Waals surface area contributed by atoms with E-state index in [0.717, 1.165) is 0 Å². The second kappa shape index (κ2) is 6.44. The Morgan fingerprint density at radius 2 is 1.86 bits per heavy atom. The largest absolute Gasteiger partial charge is 0.495 e. The molecule has 0 spiro atoms. The van der Waals surface area contributed by atoms with Crippen LogP contribution in [0.2, 0.25) is 10.0 Å². The minimum absolute atomic E-state index is 0.0449. The first-order chi connectivity index (χ1) is 9.83. The maximum atomic E-state index is 12.4. The number of sulfonamides is 1. The summed E-state index contributed by atoms with van der Waals surface area (Å²) in [5.41, 5.74) is 0.338. The summed E-state index contributed by atoms with van der Waals surface area (Å²) >= 11 is 15.0. The van der Waals surface area contributed by atoms with Gasteiger partial charge in [0.15, 0.2) is 0 Å². The third-order valence-corrected chi connectivity index (χ3v) is 5.46. The SMILES string of the molecule is COc1ccc(Cl)cc1S(=O)(=O)Nc1ccc(Br)c(Cl)c1. The average molecular weight is 411 g/mol. The molecule has 21 heavy (non-hydrogen) atoms. The van der Waals surface area contributed by atoms with E-state index in [1.165, 1.54) is 25.3 Å². The van der Waals surface area contributed by atoms with Gasteiger partial charge in [-0.15, -0.1) is 0 Å². The van der Waals surface area contributed by atoms with Gasteiger partial charge < -0.3 is 4.74 Å². The number of ether oxygens (including phenoxy) is 1. The molecule has 0 aliphatic rings. The summed E-state index contributed by atoms with van der Waals surface area (Å²) in [5.74, 6) is 0.204. The van der Waals surface area contributed by atoms with Crippen LogP contribution in [0, 0.1) is 0 Å². The molecule has 0 amide bonds. The lowest BCUT2D eigenvalue weighted by Crippen LogP contribution is -2.14. The summed E-state index contributed by atoms with van der Waals surface area (Å²) < 4.78 is 33.0. The lowest BCUT2D eigenvalue weighted by atomic mass is 10.3. The third kappa shape index (κ3) is 3.83. The van der Waals surface area contributed by atoms with Crippen molar-refractivity contribution in [2.24, 2.45) is 0 Å². The number of anilines is 1. The zero-order valence-corrected chi connectivity index (χ0v) is 14.6. The van der Waals surface area contributed by atoms with Crippen molar-refractivity contribution in [1.82, 2.24) is 0 Å². The number of benzene rings is 2. The van der Waals surface area contributed by atoms with E-state index in [9.17, 15) is 8.42 Å². The fraction of sp³-hybridized carbons (Fsp3) is 0.0769. The van der Waals surface area contributed by atoms with Gasteiger partial charge in [0, 0.05) is 9.50 Å². The molecule has 0 aromatic heterocycles. The molecular formula is C13H10BrCl2NO3S. The second-order valence-electron chi connectivity index (χ2n) is 4.03. The van der Waals surface area contributed by atoms with Crippen molar-refractivity contribution in [3.63, 3.8) is 0 Å². The minimum atomic E-state index is -3.84. The van der Waals surface area contributed by atoms with Gasteiger partial charge in [0.25, 0.3) is 10.0 Å². The maximum absolute atomic E-state index is 12.4. The minimum Gasteiger partial charge on any atom is -0.495 e. The molecule has 0 bridgehead atoms. The number of hydrogen-bond acceptors (Lipinski definition) is 3. The number of methoxy groups -OCH3 is 1. The number of rotatable bonds is 4. The lowest BCUT2D eigenvalue weighted by Gasteiger charge is -2.12. The number of nitrogens with one attached hydrogen (secondary N) is 1. The molecule has 1 N–H and O–H groups in total. The predicted octanol–water partition coefficient (Wildman–Crippen LogP) is 4.57. The Balaban J connectivity index is 2.42. The van der Waals surface area contributed by atoms with E-state index in [2.05, 4.69) is 20.7 Å². The zero-order chi connectivity index (χ0) is 15.6. The molecule has 0 heterocycles. The van der Waals surface area contributed by atoms with Crippen LogP contribution < -0.4 is 9.46 Å².